The Labute approximate surface area is 132 Å². The van der Waals surface area contributed by atoms with Crippen molar-refractivity contribution in [1.29, 1.82) is 0 Å². The molecule has 0 aromatic heterocycles. The van der Waals surface area contributed by atoms with Crippen LogP contribution < -0.4 is 5.32 Å². The first kappa shape index (κ1) is 16.3. The number of carbonyl (C=O) groups is 1. The van der Waals surface area contributed by atoms with Crippen molar-refractivity contribution in [3.05, 3.63) is 35.9 Å². The van der Waals surface area contributed by atoms with Crippen LogP contribution in [-0.2, 0) is 9.53 Å². The first-order chi connectivity index (χ1) is 9.79. The summed E-state index contributed by atoms with van der Waals surface area (Å²) in [5.41, 5.74) is 0.937. The fraction of sp³-hybridized carbons (Fsp3) is 0.562. The summed E-state index contributed by atoms with van der Waals surface area (Å²) in [5.74, 6) is 0.713. The molecule has 0 bridgehead atoms. The van der Waals surface area contributed by atoms with E-state index in [1.165, 1.54) is 6.42 Å². The van der Waals surface area contributed by atoms with Crippen molar-refractivity contribution in [3.8, 4) is 0 Å². The van der Waals surface area contributed by atoms with E-state index in [0.29, 0.717) is 12.0 Å². The summed E-state index contributed by atoms with van der Waals surface area (Å²) in [6, 6.07) is 10.4. The lowest BCUT2D eigenvalue weighted by atomic mass is 9.92. The van der Waals surface area contributed by atoms with E-state index in [-0.39, 0.29) is 18.3 Å². The Hall–Kier alpha value is -1.10. The summed E-state index contributed by atoms with van der Waals surface area (Å²) in [7, 11) is 1.61. The molecular weight excluding hydrogens is 288 g/mol. The van der Waals surface area contributed by atoms with Crippen LogP contribution in [-0.4, -0.2) is 43.6 Å². The topological polar surface area (TPSA) is 41.6 Å². The number of hydrogen-bond acceptors (Lipinski definition) is 3. The zero-order chi connectivity index (χ0) is 13.9. The normalized spacial score (nSPS) is 25.9. The maximum atomic E-state index is 12.7. The molecule has 1 aromatic rings. The second kappa shape index (κ2) is 7.25. The van der Waals surface area contributed by atoms with Crippen LogP contribution in [0, 0.1) is 5.92 Å². The average molecular weight is 311 g/mol. The quantitative estimate of drug-likeness (QED) is 0.928. The second-order valence-corrected chi connectivity index (χ2v) is 5.71. The highest BCUT2D eigenvalue weighted by molar-refractivity contribution is 5.85. The highest BCUT2D eigenvalue weighted by Crippen LogP contribution is 2.27. The number of rotatable bonds is 3. The van der Waals surface area contributed by atoms with E-state index in [1.807, 2.05) is 35.2 Å². The van der Waals surface area contributed by atoms with Gasteiger partial charge in [-0.05, 0) is 30.9 Å². The van der Waals surface area contributed by atoms with Crippen LogP contribution in [0.4, 0.5) is 0 Å². The molecule has 2 heterocycles. The molecule has 2 aliphatic rings. The number of hydrogen-bond donors (Lipinski definition) is 1. The Bertz CT molecular complexity index is 469. The average Bonchev–Trinajstić information content (AvgIpc) is 2.96. The minimum Gasteiger partial charge on any atom is -0.367 e. The zero-order valence-electron chi connectivity index (χ0n) is 12.3. The van der Waals surface area contributed by atoms with Gasteiger partial charge in [-0.1, -0.05) is 30.3 Å². The van der Waals surface area contributed by atoms with Crippen LogP contribution in [0.2, 0.25) is 0 Å². The van der Waals surface area contributed by atoms with Crippen molar-refractivity contribution in [2.75, 3.05) is 26.7 Å². The molecule has 3 rings (SSSR count). The fourth-order valence-electron chi connectivity index (χ4n) is 3.42. The van der Waals surface area contributed by atoms with Crippen molar-refractivity contribution in [3.63, 3.8) is 0 Å². The molecule has 3 unspecified atom stereocenters. The number of piperidine rings is 1. The Morgan fingerprint density at radius 1 is 1.33 bits per heavy atom. The van der Waals surface area contributed by atoms with Gasteiger partial charge in [0.1, 0.15) is 0 Å². The molecule has 2 fully saturated rings. The molecule has 3 atom stereocenters. The summed E-state index contributed by atoms with van der Waals surface area (Å²) in [4.78, 5) is 14.7. The Kier molecular flexibility index (Phi) is 5.62. The predicted molar refractivity (Wildman–Crippen MR) is 84.5 cm³/mol. The number of fused-ring (bicyclic) bond motifs is 1. The van der Waals surface area contributed by atoms with Crippen LogP contribution in [0.3, 0.4) is 0 Å². The smallest absolute Gasteiger partial charge is 0.256 e. The predicted octanol–water partition coefficient (Wildman–Crippen LogP) is 2.01. The number of nitrogens with one attached hydrogen (secondary N) is 1. The second-order valence-electron chi connectivity index (χ2n) is 5.71. The molecule has 0 aliphatic carbocycles. The third-order valence-corrected chi connectivity index (χ3v) is 4.53. The van der Waals surface area contributed by atoms with E-state index in [1.54, 1.807) is 7.11 Å². The van der Waals surface area contributed by atoms with Gasteiger partial charge >= 0.3 is 0 Å². The summed E-state index contributed by atoms with van der Waals surface area (Å²) in [6.45, 7) is 2.78. The molecule has 1 N–H and O–H groups in total. The van der Waals surface area contributed by atoms with E-state index in [9.17, 15) is 4.79 Å². The summed E-state index contributed by atoms with van der Waals surface area (Å²) in [5, 5.41) is 3.52. The summed E-state index contributed by atoms with van der Waals surface area (Å²) < 4.78 is 5.46. The Morgan fingerprint density at radius 2 is 2.10 bits per heavy atom. The number of likely N-dealkylation sites (tertiary alicyclic amines) is 1. The van der Waals surface area contributed by atoms with Gasteiger partial charge in [-0.25, -0.2) is 0 Å². The molecule has 1 amide bonds. The fourth-order valence-corrected chi connectivity index (χ4v) is 3.42. The minimum atomic E-state index is -0.470. The molecule has 2 aliphatic heterocycles. The van der Waals surface area contributed by atoms with Crippen LogP contribution in [0.1, 0.15) is 24.5 Å². The number of nitrogens with zero attached hydrogens (tertiary/aromatic N) is 1. The molecule has 0 saturated carbocycles. The van der Waals surface area contributed by atoms with Crippen molar-refractivity contribution in [2.45, 2.75) is 25.0 Å². The Balaban J connectivity index is 0.00000161. The maximum Gasteiger partial charge on any atom is 0.256 e. The minimum absolute atomic E-state index is 0. The van der Waals surface area contributed by atoms with Crippen LogP contribution >= 0.6 is 12.4 Å². The Morgan fingerprint density at radius 3 is 2.81 bits per heavy atom. The number of halogens is 1. The largest absolute Gasteiger partial charge is 0.367 e. The zero-order valence-corrected chi connectivity index (χ0v) is 13.1. The molecule has 116 valence electrons. The van der Waals surface area contributed by atoms with Crippen molar-refractivity contribution < 1.29 is 9.53 Å². The van der Waals surface area contributed by atoms with Crippen molar-refractivity contribution >= 4 is 18.3 Å². The van der Waals surface area contributed by atoms with Gasteiger partial charge in [0.2, 0.25) is 0 Å². The molecule has 4 nitrogen and oxygen atoms in total. The first-order valence-corrected chi connectivity index (χ1v) is 7.39. The lowest BCUT2D eigenvalue weighted by molar-refractivity contribution is -0.144. The summed E-state index contributed by atoms with van der Waals surface area (Å²) >= 11 is 0. The van der Waals surface area contributed by atoms with Crippen LogP contribution in [0.5, 0.6) is 0 Å². The van der Waals surface area contributed by atoms with Gasteiger partial charge < -0.3 is 15.0 Å². The molecular formula is C16H23ClN2O2. The van der Waals surface area contributed by atoms with Gasteiger partial charge in [-0.3, -0.25) is 4.79 Å². The number of carbonyl (C=O) groups excluding carboxylic acids is 1. The van der Waals surface area contributed by atoms with E-state index in [4.69, 9.17) is 4.74 Å². The monoisotopic (exact) mass is 310 g/mol. The highest BCUT2D eigenvalue weighted by Gasteiger charge is 2.36. The van der Waals surface area contributed by atoms with Gasteiger partial charge in [0.25, 0.3) is 5.91 Å². The summed E-state index contributed by atoms with van der Waals surface area (Å²) in [6.07, 6.45) is 1.76. The van der Waals surface area contributed by atoms with Crippen LogP contribution in [0.25, 0.3) is 0 Å². The molecule has 2 saturated heterocycles. The highest BCUT2D eigenvalue weighted by atomic mass is 35.5. The van der Waals surface area contributed by atoms with Gasteiger partial charge in [0, 0.05) is 26.2 Å². The van der Waals surface area contributed by atoms with Gasteiger partial charge in [0.15, 0.2) is 6.10 Å². The maximum absolute atomic E-state index is 12.7. The molecule has 21 heavy (non-hydrogen) atoms. The third-order valence-electron chi connectivity index (χ3n) is 4.53. The van der Waals surface area contributed by atoms with Crippen LogP contribution in [0.15, 0.2) is 30.3 Å². The van der Waals surface area contributed by atoms with E-state index in [0.717, 1.165) is 31.6 Å². The molecule has 0 spiro atoms. The standard InChI is InChI=1S/C16H22N2O2.ClH/c1-20-15(12-5-3-2-4-6-12)16(19)18-10-8-14-13(11-18)7-9-17-14;/h2-6,13-15,17H,7-11H2,1H3;1H. The lowest BCUT2D eigenvalue weighted by Crippen LogP contribution is -2.48. The van der Waals surface area contributed by atoms with Gasteiger partial charge in [-0.2, -0.15) is 0 Å². The van der Waals surface area contributed by atoms with Gasteiger partial charge in [0.05, 0.1) is 0 Å². The molecule has 1 aromatic carbocycles. The number of amides is 1. The third kappa shape index (κ3) is 3.39. The van der Waals surface area contributed by atoms with E-state index < -0.39 is 6.10 Å². The van der Waals surface area contributed by atoms with E-state index in [2.05, 4.69) is 5.32 Å². The molecule has 5 heteroatoms. The first-order valence-electron chi connectivity index (χ1n) is 7.39. The van der Waals surface area contributed by atoms with Gasteiger partial charge in [-0.15, -0.1) is 12.4 Å². The molecule has 0 radical (unpaired) electrons. The lowest BCUT2D eigenvalue weighted by Gasteiger charge is -2.36. The van der Waals surface area contributed by atoms with E-state index >= 15 is 0 Å². The number of ether oxygens (including phenoxy) is 1. The number of benzene rings is 1. The van der Waals surface area contributed by atoms with Crippen molar-refractivity contribution in [2.24, 2.45) is 5.92 Å². The number of methoxy groups -OCH3 is 1. The SMILES string of the molecule is COC(C(=O)N1CCC2NCCC2C1)c1ccccc1.Cl. The van der Waals surface area contributed by atoms with Crippen molar-refractivity contribution in [1.82, 2.24) is 10.2 Å².